The highest BCUT2D eigenvalue weighted by atomic mass is 16.4. The molecule has 0 saturated heterocycles. The first-order valence-electron chi connectivity index (χ1n) is 10.7. The van der Waals surface area contributed by atoms with Gasteiger partial charge in [0.05, 0.1) is 5.41 Å². The summed E-state index contributed by atoms with van der Waals surface area (Å²) in [5, 5.41) is 25.5. The van der Waals surface area contributed by atoms with Gasteiger partial charge in [-0.2, -0.15) is 0 Å². The van der Waals surface area contributed by atoms with Gasteiger partial charge in [0, 0.05) is 12.2 Å². The molecule has 3 aliphatic carbocycles. The van der Waals surface area contributed by atoms with Gasteiger partial charge >= 0.3 is 17.9 Å². The molecule has 0 unspecified atom stereocenters. The fourth-order valence-corrected chi connectivity index (χ4v) is 5.74. The number of carboxylic acid groups (broad SMARTS) is 3. The number of rotatable bonds is 4. The second-order valence-corrected chi connectivity index (χ2v) is 9.55. The Kier molecular flexibility index (Phi) is 7.32. The molecule has 1 saturated carbocycles. The Hall–Kier alpha value is -2.37. The zero-order valence-electron chi connectivity index (χ0n) is 18.4. The quantitative estimate of drug-likeness (QED) is 0.559. The first kappa shape index (κ1) is 23.9. The molecule has 3 aliphatic rings. The number of carbonyl (C=O) groups is 3. The summed E-state index contributed by atoms with van der Waals surface area (Å²) in [6.07, 6.45) is 12.3. The van der Waals surface area contributed by atoms with Gasteiger partial charge in [-0.1, -0.05) is 44.9 Å². The lowest BCUT2D eigenvalue weighted by atomic mass is 9.47. The molecule has 0 aromatic heterocycles. The normalized spacial score (nSPS) is 32.8. The Labute approximate surface area is 178 Å². The summed E-state index contributed by atoms with van der Waals surface area (Å²) in [6.45, 7) is 8.93. The lowest BCUT2D eigenvalue weighted by molar-refractivity contribution is -0.162. The van der Waals surface area contributed by atoms with Crippen molar-refractivity contribution >= 4 is 17.9 Å². The van der Waals surface area contributed by atoms with Crippen molar-refractivity contribution in [3.05, 3.63) is 35.5 Å². The van der Waals surface area contributed by atoms with Gasteiger partial charge in [0.15, 0.2) is 0 Å². The zero-order valence-corrected chi connectivity index (χ0v) is 18.4. The molecule has 6 heteroatoms. The van der Waals surface area contributed by atoms with E-state index >= 15 is 0 Å². The summed E-state index contributed by atoms with van der Waals surface area (Å²) in [5.41, 5.74) is 2.69. The van der Waals surface area contributed by atoms with Crippen molar-refractivity contribution < 1.29 is 29.7 Å². The first-order chi connectivity index (χ1) is 13.9. The van der Waals surface area contributed by atoms with Crippen molar-refractivity contribution in [3.8, 4) is 0 Å². The van der Waals surface area contributed by atoms with E-state index in [4.69, 9.17) is 10.2 Å². The topological polar surface area (TPSA) is 112 Å². The van der Waals surface area contributed by atoms with E-state index in [1.165, 1.54) is 24.8 Å². The van der Waals surface area contributed by atoms with Crippen LogP contribution in [0.1, 0.15) is 66.2 Å². The van der Waals surface area contributed by atoms with E-state index in [-0.39, 0.29) is 11.3 Å². The van der Waals surface area contributed by atoms with Crippen molar-refractivity contribution in [1.29, 1.82) is 0 Å². The first-order valence-corrected chi connectivity index (χ1v) is 10.7. The SMILES string of the molecule is CC(C)C1=CC2=CC[C@@H]3[C@](C)(CCC[C@@]3(C)C(=O)O)[C@H]2CC1.O=C(O)/C=C\C(=O)O. The number of allylic oxidation sites excluding steroid dienone is 4. The molecule has 4 atom stereocenters. The fraction of sp³-hybridized carbons (Fsp3) is 0.625. The van der Waals surface area contributed by atoms with Gasteiger partial charge in [-0.15, -0.1) is 0 Å². The Morgan fingerprint density at radius 1 is 1.07 bits per heavy atom. The van der Waals surface area contributed by atoms with Crippen LogP contribution in [0.15, 0.2) is 35.5 Å². The minimum Gasteiger partial charge on any atom is -0.481 e. The summed E-state index contributed by atoms with van der Waals surface area (Å²) >= 11 is 0. The van der Waals surface area contributed by atoms with Crippen LogP contribution in [-0.4, -0.2) is 33.2 Å². The van der Waals surface area contributed by atoms with Crippen LogP contribution in [0, 0.1) is 28.6 Å². The van der Waals surface area contributed by atoms with Crippen LogP contribution in [0.5, 0.6) is 0 Å². The van der Waals surface area contributed by atoms with Gasteiger partial charge in [0.25, 0.3) is 0 Å². The minimum absolute atomic E-state index is 0.161. The predicted molar refractivity (Wildman–Crippen MR) is 114 cm³/mol. The molecule has 6 nitrogen and oxygen atoms in total. The average molecular weight is 419 g/mol. The van der Waals surface area contributed by atoms with Crippen molar-refractivity contribution in [1.82, 2.24) is 0 Å². The highest BCUT2D eigenvalue weighted by Gasteiger charge is 2.57. The van der Waals surface area contributed by atoms with Crippen LogP contribution in [-0.2, 0) is 14.4 Å². The zero-order chi connectivity index (χ0) is 22.7. The van der Waals surface area contributed by atoms with Crippen molar-refractivity contribution in [2.24, 2.45) is 28.6 Å². The number of carboxylic acids is 3. The summed E-state index contributed by atoms with van der Waals surface area (Å²) in [7, 11) is 0. The van der Waals surface area contributed by atoms with E-state index in [0.29, 0.717) is 24.0 Å². The molecule has 0 aromatic carbocycles. The molecule has 3 N–H and O–H groups in total. The molecule has 166 valence electrons. The number of hydrogen-bond donors (Lipinski definition) is 3. The highest BCUT2D eigenvalue weighted by Crippen LogP contribution is 2.62. The Bertz CT molecular complexity index is 774. The molecule has 30 heavy (non-hydrogen) atoms. The van der Waals surface area contributed by atoms with Gasteiger partial charge in [-0.05, 0) is 67.8 Å². The Balaban J connectivity index is 0.000000343. The molecule has 0 heterocycles. The molecule has 0 amide bonds. The van der Waals surface area contributed by atoms with Gasteiger partial charge in [0.2, 0.25) is 0 Å². The summed E-state index contributed by atoms with van der Waals surface area (Å²) < 4.78 is 0. The Morgan fingerprint density at radius 3 is 2.17 bits per heavy atom. The molecule has 0 bridgehead atoms. The largest absolute Gasteiger partial charge is 0.481 e. The molecule has 0 aromatic rings. The number of aliphatic carboxylic acids is 3. The number of hydrogen-bond acceptors (Lipinski definition) is 3. The third-order valence-electron chi connectivity index (χ3n) is 7.44. The van der Waals surface area contributed by atoms with Gasteiger partial charge in [-0.25, -0.2) is 9.59 Å². The van der Waals surface area contributed by atoms with E-state index in [9.17, 15) is 19.5 Å². The maximum absolute atomic E-state index is 11.9. The monoisotopic (exact) mass is 418 g/mol. The number of fused-ring (bicyclic) bond motifs is 3. The fourth-order valence-electron chi connectivity index (χ4n) is 5.74. The van der Waals surface area contributed by atoms with Crippen LogP contribution < -0.4 is 0 Å². The smallest absolute Gasteiger partial charge is 0.328 e. The van der Waals surface area contributed by atoms with Crippen LogP contribution >= 0.6 is 0 Å². The van der Waals surface area contributed by atoms with Crippen LogP contribution in [0.3, 0.4) is 0 Å². The highest BCUT2D eigenvalue weighted by molar-refractivity contribution is 5.89. The lowest BCUT2D eigenvalue weighted by Gasteiger charge is -2.57. The lowest BCUT2D eigenvalue weighted by Crippen LogP contribution is -2.53. The van der Waals surface area contributed by atoms with Gasteiger partial charge in [0.1, 0.15) is 0 Å². The molecule has 3 rings (SSSR count). The van der Waals surface area contributed by atoms with E-state index in [1.807, 2.05) is 6.92 Å². The molecular weight excluding hydrogens is 384 g/mol. The Morgan fingerprint density at radius 2 is 1.67 bits per heavy atom. The van der Waals surface area contributed by atoms with Crippen LogP contribution in [0.2, 0.25) is 0 Å². The van der Waals surface area contributed by atoms with Crippen molar-refractivity contribution in [3.63, 3.8) is 0 Å². The van der Waals surface area contributed by atoms with E-state index in [0.717, 1.165) is 19.3 Å². The summed E-state index contributed by atoms with van der Waals surface area (Å²) in [4.78, 5) is 31.0. The average Bonchev–Trinajstić information content (AvgIpc) is 2.66. The van der Waals surface area contributed by atoms with Crippen LogP contribution in [0.25, 0.3) is 0 Å². The molecule has 0 radical (unpaired) electrons. The summed E-state index contributed by atoms with van der Waals surface area (Å²) in [5.74, 6) is -1.63. The van der Waals surface area contributed by atoms with Gasteiger partial charge < -0.3 is 15.3 Å². The molecule has 0 spiro atoms. The maximum atomic E-state index is 11.9. The predicted octanol–water partition coefficient (Wildman–Crippen LogP) is 4.92. The van der Waals surface area contributed by atoms with Crippen molar-refractivity contribution in [2.75, 3.05) is 0 Å². The summed E-state index contributed by atoms with van der Waals surface area (Å²) in [6, 6.07) is 0. The third-order valence-corrected chi connectivity index (χ3v) is 7.44. The van der Waals surface area contributed by atoms with Crippen molar-refractivity contribution in [2.45, 2.75) is 66.2 Å². The third kappa shape index (κ3) is 4.85. The minimum atomic E-state index is -1.26. The molecule has 1 fully saturated rings. The van der Waals surface area contributed by atoms with E-state index in [1.54, 1.807) is 5.57 Å². The maximum Gasteiger partial charge on any atom is 0.328 e. The van der Waals surface area contributed by atoms with E-state index < -0.39 is 23.3 Å². The van der Waals surface area contributed by atoms with E-state index in [2.05, 4.69) is 32.9 Å². The standard InChI is InChI=1S/C20H30O2.C4H4O4/c1-13(2)14-6-8-16-15(12-14)7-9-17-19(16,3)10-5-11-20(17,4)18(21)22;5-3(6)1-2-4(7)8/h7,12-13,16-17H,5-6,8-11H2,1-4H3,(H,21,22);1-2H,(H,5,6)(H,7,8)/b;2-1-/t16-,17+,19+,20+;/m0./s1. The molecule has 0 aliphatic heterocycles. The molecular formula is C24H34O6. The van der Waals surface area contributed by atoms with Crippen LogP contribution in [0.4, 0.5) is 0 Å². The second kappa shape index (κ2) is 9.19. The second-order valence-electron chi connectivity index (χ2n) is 9.55. The van der Waals surface area contributed by atoms with Gasteiger partial charge in [-0.3, -0.25) is 4.79 Å².